The number of hydrogen-bond acceptors (Lipinski definition) is 4. The van der Waals surface area contributed by atoms with E-state index in [9.17, 15) is 10.2 Å². The number of aliphatic hydroxyl groups is 2. The first kappa shape index (κ1) is 12.2. The molecule has 4 nitrogen and oxygen atoms in total. The highest BCUT2D eigenvalue weighted by Crippen LogP contribution is 2.35. The Morgan fingerprint density at radius 1 is 1.41 bits per heavy atom. The molecule has 2 rings (SSSR count). The molecule has 0 aromatic heterocycles. The number of hydrogen-bond donors (Lipinski definition) is 3. The summed E-state index contributed by atoms with van der Waals surface area (Å²) in [5.41, 5.74) is 1.44. The van der Waals surface area contributed by atoms with E-state index in [1.807, 2.05) is 6.07 Å². The van der Waals surface area contributed by atoms with E-state index in [2.05, 4.69) is 4.90 Å². The molecule has 1 aliphatic carbocycles. The first-order valence-corrected chi connectivity index (χ1v) is 6.02. The Labute approximate surface area is 101 Å². The van der Waals surface area contributed by atoms with Gasteiger partial charge in [0, 0.05) is 29.9 Å². The maximum absolute atomic E-state index is 9.83. The molecule has 0 aliphatic heterocycles. The van der Waals surface area contributed by atoms with Crippen LogP contribution in [0.2, 0.25) is 0 Å². The maximum atomic E-state index is 9.83. The lowest BCUT2D eigenvalue weighted by molar-refractivity contribution is 0.195. The lowest BCUT2D eigenvalue weighted by atomic mass is 10.1. The van der Waals surface area contributed by atoms with E-state index in [0.717, 1.165) is 18.5 Å². The minimum absolute atomic E-state index is 0.107. The van der Waals surface area contributed by atoms with Gasteiger partial charge in [-0.1, -0.05) is 6.07 Å². The number of aromatic hydroxyl groups is 1. The molecule has 1 unspecified atom stereocenters. The minimum atomic E-state index is -0.670. The number of nitrogens with zero attached hydrogens (tertiary/aromatic N) is 1. The van der Waals surface area contributed by atoms with E-state index in [0.29, 0.717) is 18.2 Å². The molecule has 1 aliphatic rings. The smallest absolute Gasteiger partial charge is 0.123 e. The Morgan fingerprint density at radius 2 is 2.12 bits per heavy atom. The Bertz CT molecular complexity index is 388. The highest BCUT2D eigenvalue weighted by Gasteiger charge is 2.29. The van der Waals surface area contributed by atoms with Crippen LogP contribution in [0.5, 0.6) is 5.75 Å². The van der Waals surface area contributed by atoms with Gasteiger partial charge in [0.25, 0.3) is 0 Å². The van der Waals surface area contributed by atoms with Gasteiger partial charge in [-0.3, -0.25) is 0 Å². The molecule has 0 bridgehead atoms. The van der Waals surface area contributed by atoms with Gasteiger partial charge >= 0.3 is 0 Å². The molecule has 0 radical (unpaired) electrons. The number of phenols is 1. The quantitative estimate of drug-likeness (QED) is 0.724. The Hall–Kier alpha value is -1.26. The van der Waals surface area contributed by atoms with Crippen molar-refractivity contribution in [3.63, 3.8) is 0 Å². The van der Waals surface area contributed by atoms with Crippen LogP contribution in [0.4, 0.5) is 5.69 Å². The zero-order valence-electron chi connectivity index (χ0n) is 10.0. The lowest BCUT2D eigenvalue weighted by Crippen LogP contribution is -2.28. The van der Waals surface area contributed by atoms with Crippen LogP contribution in [0.3, 0.4) is 0 Å². The predicted octanol–water partition coefficient (Wildman–Crippen LogP) is 1.41. The van der Waals surface area contributed by atoms with E-state index in [4.69, 9.17) is 5.11 Å². The molecule has 0 saturated heterocycles. The summed E-state index contributed by atoms with van der Waals surface area (Å²) in [6.45, 7) is 2.31. The molecule has 1 saturated carbocycles. The highest BCUT2D eigenvalue weighted by molar-refractivity contribution is 5.55. The topological polar surface area (TPSA) is 63.9 Å². The van der Waals surface area contributed by atoms with Crippen molar-refractivity contribution in [2.45, 2.75) is 31.9 Å². The normalized spacial score (nSPS) is 16.9. The van der Waals surface area contributed by atoms with Crippen molar-refractivity contribution >= 4 is 5.69 Å². The molecule has 4 heteroatoms. The van der Waals surface area contributed by atoms with Crippen molar-refractivity contribution in [2.75, 3.05) is 18.1 Å². The maximum Gasteiger partial charge on any atom is 0.123 e. The van der Waals surface area contributed by atoms with Gasteiger partial charge < -0.3 is 20.2 Å². The van der Waals surface area contributed by atoms with Crippen molar-refractivity contribution in [3.05, 3.63) is 23.8 Å². The number of rotatable bonds is 5. The van der Waals surface area contributed by atoms with Crippen molar-refractivity contribution in [1.82, 2.24) is 0 Å². The first-order chi connectivity index (χ1) is 8.13. The summed E-state index contributed by atoms with van der Waals surface area (Å²) in [6, 6.07) is 5.77. The average Bonchev–Trinajstić information content (AvgIpc) is 3.09. The molecule has 17 heavy (non-hydrogen) atoms. The van der Waals surface area contributed by atoms with Crippen molar-refractivity contribution < 1.29 is 15.3 Å². The monoisotopic (exact) mass is 237 g/mol. The average molecular weight is 237 g/mol. The van der Waals surface area contributed by atoms with Crippen LogP contribution in [0.15, 0.2) is 18.2 Å². The van der Waals surface area contributed by atoms with Gasteiger partial charge in [-0.2, -0.15) is 0 Å². The van der Waals surface area contributed by atoms with E-state index in [1.54, 1.807) is 19.1 Å². The molecular weight excluding hydrogens is 218 g/mol. The summed E-state index contributed by atoms with van der Waals surface area (Å²) in [7, 11) is 0. The molecule has 0 spiro atoms. The number of anilines is 1. The zero-order valence-corrected chi connectivity index (χ0v) is 10.0. The standard InChI is InChI=1S/C13H19NO3/c1-9(16)12-5-4-11(8-13(12)17)14(6-7-15)10-2-3-10/h4-5,8-10,15-17H,2-3,6-7H2,1H3. The predicted molar refractivity (Wildman–Crippen MR) is 66.2 cm³/mol. The third-order valence-electron chi connectivity index (χ3n) is 3.12. The highest BCUT2D eigenvalue weighted by atomic mass is 16.3. The number of aliphatic hydroxyl groups excluding tert-OH is 2. The molecule has 1 aromatic rings. The van der Waals surface area contributed by atoms with Crippen LogP contribution in [0, 0.1) is 0 Å². The third-order valence-corrected chi connectivity index (χ3v) is 3.12. The number of phenolic OH excluding ortho intramolecular Hbond substituents is 1. The molecule has 3 N–H and O–H groups in total. The molecule has 94 valence electrons. The second-order valence-electron chi connectivity index (χ2n) is 4.57. The second kappa shape index (κ2) is 4.94. The Morgan fingerprint density at radius 3 is 2.59 bits per heavy atom. The van der Waals surface area contributed by atoms with Gasteiger partial charge in [0.2, 0.25) is 0 Å². The van der Waals surface area contributed by atoms with E-state index < -0.39 is 6.10 Å². The van der Waals surface area contributed by atoms with Gasteiger partial charge in [-0.15, -0.1) is 0 Å². The Kier molecular flexibility index (Phi) is 3.54. The Balaban J connectivity index is 2.22. The second-order valence-corrected chi connectivity index (χ2v) is 4.57. The summed E-state index contributed by atoms with van der Waals surface area (Å²) in [5, 5.41) is 28.3. The molecule has 1 atom stereocenters. The lowest BCUT2D eigenvalue weighted by Gasteiger charge is -2.24. The van der Waals surface area contributed by atoms with Crippen LogP contribution < -0.4 is 4.90 Å². The zero-order chi connectivity index (χ0) is 12.4. The van der Waals surface area contributed by atoms with E-state index in [-0.39, 0.29) is 12.4 Å². The van der Waals surface area contributed by atoms with Gasteiger partial charge in [0.15, 0.2) is 0 Å². The van der Waals surface area contributed by atoms with Gasteiger partial charge in [-0.05, 0) is 25.8 Å². The van der Waals surface area contributed by atoms with Crippen LogP contribution in [0.25, 0.3) is 0 Å². The van der Waals surface area contributed by atoms with E-state index >= 15 is 0 Å². The van der Waals surface area contributed by atoms with Crippen molar-refractivity contribution in [2.24, 2.45) is 0 Å². The SMILES string of the molecule is CC(O)c1ccc(N(CCO)C2CC2)cc1O. The summed E-state index contributed by atoms with van der Waals surface area (Å²) in [4.78, 5) is 2.10. The summed E-state index contributed by atoms with van der Waals surface area (Å²) < 4.78 is 0. The summed E-state index contributed by atoms with van der Waals surface area (Å²) >= 11 is 0. The molecular formula is C13H19NO3. The fraction of sp³-hybridized carbons (Fsp3) is 0.538. The molecule has 0 heterocycles. The molecule has 1 fully saturated rings. The van der Waals surface area contributed by atoms with E-state index in [1.165, 1.54) is 0 Å². The minimum Gasteiger partial charge on any atom is -0.507 e. The van der Waals surface area contributed by atoms with Crippen LogP contribution in [-0.2, 0) is 0 Å². The van der Waals surface area contributed by atoms with Crippen LogP contribution in [-0.4, -0.2) is 34.5 Å². The fourth-order valence-corrected chi connectivity index (χ4v) is 2.08. The fourth-order valence-electron chi connectivity index (χ4n) is 2.08. The third kappa shape index (κ3) is 2.70. The van der Waals surface area contributed by atoms with Gasteiger partial charge in [-0.25, -0.2) is 0 Å². The van der Waals surface area contributed by atoms with Gasteiger partial charge in [0.1, 0.15) is 5.75 Å². The largest absolute Gasteiger partial charge is 0.507 e. The van der Waals surface area contributed by atoms with Gasteiger partial charge in [0.05, 0.1) is 12.7 Å². The summed E-state index contributed by atoms with van der Waals surface area (Å²) in [6.07, 6.45) is 1.61. The van der Waals surface area contributed by atoms with Crippen molar-refractivity contribution in [3.8, 4) is 5.75 Å². The summed E-state index contributed by atoms with van der Waals surface area (Å²) in [5.74, 6) is 0.112. The van der Waals surface area contributed by atoms with Crippen LogP contribution >= 0.6 is 0 Å². The molecule has 1 aromatic carbocycles. The molecule has 0 amide bonds. The number of benzene rings is 1. The first-order valence-electron chi connectivity index (χ1n) is 6.02. The van der Waals surface area contributed by atoms with Crippen LogP contribution in [0.1, 0.15) is 31.4 Å². The van der Waals surface area contributed by atoms with Crippen molar-refractivity contribution in [1.29, 1.82) is 0 Å².